The highest BCUT2D eigenvalue weighted by molar-refractivity contribution is 6.09. The van der Waals surface area contributed by atoms with Crippen LogP contribution in [0, 0.1) is 0 Å². The predicted molar refractivity (Wildman–Crippen MR) is 158 cm³/mol. The van der Waals surface area contributed by atoms with Gasteiger partial charge in [-0.15, -0.1) is 0 Å². The largest absolute Gasteiger partial charge is 0.488 e. The summed E-state index contributed by atoms with van der Waals surface area (Å²) in [5.41, 5.74) is 4.82. The van der Waals surface area contributed by atoms with Gasteiger partial charge in [0.1, 0.15) is 12.4 Å². The SMILES string of the molecule is O=C(O)c1ccc(CCc2ccccc2)cc1NC(=O)c1cc(N2CCCCC2)ccc1OCc1ccccc1. The molecule has 4 aromatic carbocycles. The van der Waals surface area contributed by atoms with Crippen LogP contribution in [-0.4, -0.2) is 30.1 Å². The lowest BCUT2D eigenvalue weighted by Gasteiger charge is -2.29. The summed E-state index contributed by atoms with van der Waals surface area (Å²) in [6, 6.07) is 30.8. The van der Waals surface area contributed by atoms with E-state index in [1.807, 2.05) is 72.8 Å². The van der Waals surface area contributed by atoms with Gasteiger partial charge in [-0.3, -0.25) is 4.79 Å². The Labute approximate surface area is 235 Å². The topological polar surface area (TPSA) is 78.9 Å². The molecular weight excluding hydrogens is 500 g/mol. The highest BCUT2D eigenvalue weighted by Crippen LogP contribution is 2.30. The third-order valence-corrected chi connectivity index (χ3v) is 7.27. The van der Waals surface area contributed by atoms with Gasteiger partial charge < -0.3 is 20.1 Å². The highest BCUT2D eigenvalue weighted by atomic mass is 16.5. The minimum absolute atomic E-state index is 0.0516. The number of carboxylic acids is 1. The fourth-order valence-electron chi connectivity index (χ4n) is 5.07. The zero-order chi connectivity index (χ0) is 27.7. The second kappa shape index (κ2) is 13.0. The van der Waals surface area contributed by atoms with E-state index in [-0.39, 0.29) is 11.3 Å². The third kappa shape index (κ3) is 6.89. The number of ether oxygens (including phenoxy) is 1. The van der Waals surface area contributed by atoms with Gasteiger partial charge in [0.25, 0.3) is 5.91 Å². The number of benzene rings is 4. The van der Waals surface area contributed by atoms with E-state index in [9.17, 15) is 14.7 Å². The number of aryl methyl sites for hydroxylation is 2. The number of piperidine rings is 1. The number of nitrogens with one attached hydrogen (secondary N) is 1. The summed E-state index contributed by atoms with van der Waals surface area (Å²) >= 11 is 0. The first-order valence-electron chi connectivity index (χ1n) is 13.8. The van der Waals surface area contributed by atoms with E-state index in [4.69, 9.17) is 4.74 Å². The Morgan fingerprint density at radius 1 is 0.725 bits per heavy atom. The van der Waals surface area contributed by atoms with Crippen molar-refractivity contribution in [3.05, 3.63) is 125 Å². The highest BCUT2D eigenvalue weighted by Gasteiger charge is 2.20. The number of nitrogens with zero attached hydrogens (tertiary/aromatic N) is 1. The van der Waals surface area contributed by atoms with E-state index in [1.165, 1.54) is 12.0 Å². The summed E-state index contributed by atoms with van der Waals surface area (Å²) < 4.78 is 6.12. The Bertz CT molecular complexity index is 1450. The number of carbonyl (C=O) groups is 2. The molecule has 1 fully saturated rings. The number of anilines is 2. The molecule has 40 heavy (non-hydrogen) atoms. The van der Waals surface area contributed by atoms with Crippen molar-refractivity contribution >= 4 is 23.3 Å². The molecule has 0 bridgehead atoms. The first-order chi connectivity index (χ1) is 19.6. The van der Waals surface area contributed by atoms with Crippen LogP contribution in [0.4, 0.5) is 11.4 Å². The number of aromatic carboxylic acids is 1. The number of hydrogen-bond donors (Lipinski definition) is 2. The summed E-state index contributed by atoms with van der Waals surface area (Å²) in [4.78, 5) is 28.1. The second-order valence-corrected chi connectivity index (χ2v) is 10.1. The molecule has 0 aromatic heterocycles. The van der Waals surface area contributed by atoms with Crippen LogP contribution in [-0.2, 0) is 19.4 Å². The van der Waals surface area contributed by atoms with Gasteiger partial charge in [0.15, 0.2) is 0 Å². The van der Waals surface area contributed by atoms with Crippen molar-refractivity contribution in [2.24, 2.45) is 0 Å². The van der Waals surface area contributed by atoms with Crippen LogP contribution >= 0.6 is 0 Å². The minimum Gasteiger partial charge on any atom is -0.488 e. The number of amides is 1. The maximum absolute atomic E-state index is 13.7. The van der Waals surface area contributed by atoms with Crippen LogP contribution < -0.4 is 15.0 Å². The standard InChI is InChI=1S/C34H34N2O4/c37-33(35-31-22-26(16-18-29(31)34(38)39)15-14-25-10-4-1-5-11-25)30-23-28(36-20-8-3-9-21-36)17-19-32(30)40-24-27-12-6-2-7-13-27/h1-2,4-7,10-13,16-19,22-23H,3,8-9,14-15,20-21,24H2,(H,35,37)(H,38,39). The van der Waals surface area contributed by atoms with Crippen LogP contribution in [0.2, 0.25) is 0 Å². The van der Waals surface area contributed by atoms with Crippen molar-refractivity contribution in [1.29, 1.82) is 0 Å². The molecular formula is C34H34N2O4. The summed E-state index contributed by atoms with van der Waals surface area (Å²) in [6.45, 7) is 2.20. The van der Waals surface area contributed by atoms with Crippen LogP contribution in [0.15, 0.2) is 97.1 Å². The molecule has 0 atom stereocenters. The molecule has 1 aliphatic rings. The molecule has 1 heterocycles. The molecule has 6 nitrogen and oxygen atoms in total. The molecule has 6 heteroatoms. The smallest absolute Gasteiger partial charge is 0.337 e. The molecule has 204 valence electrons. The Hall–Kier alpha value is -4.58. The minimum atomic E-state index is -1.09. The van der Waals surface area contributed by atoms with Gasteiger partial charge in [0.2, 0.25) is 0 Å². The maximum Gasteiger partial charge on any atom is 0.337 e. The average molecular weight is 535 g/mol. The third-order valence-electron chi connectivity index (χ3n) is 7.27. The van der Waals surface area contributed by atoms with E-state index >= 15 is 0 Å². The van der Waals surface area contributed by atoms with Crippen molar-refractivity contribution in [2.45, 2.75) is 38.7 Å². The quantitative estimate of drug-likeness (QED) is 0.229. The molecule has 0 radical (unpaired) electrons. The van der Waals surface area contributed by atoms with Gasteiger partial charge in [0.05, 0.1) is 16.8 Å². The molecule has 4 aromatic rings. The average Bonchev–Trinajstić information content (AvgIpc) is 3.00. The zero-order valence-corrected chi connectivity index (χ0v) is 22.5. The lowest BCUT2D eigenvalue weighted by atomic mass is 10.0. The lowest BCUT2D eigenvalue weighted by molar-refractivity contribution is 0.0698. The van der Waals surface area contributed by atoms with Gasteiger partial charge in [-0.2, -0.15) is 0 Å². The van der Waals surface area contributed by atoms with Crippen LogP contribution in [0.3, 0.4) is 0 Å². The lowest BCUT2D eigenvalue weighted by Crippen LogP contribution is -2.29. The van der Waals surface area contributed by atoms with Gasteiger partial charge in [-0.25, -0.2) is 4.79 Å². The fraction of sp³-hybridized carbons (Fsp3) is 0.235. The Balaban J connectivity index is 1.41. The fourth-order valence-corrected chi connectivity index (χ4v) is 5.07. The molecule has 0 saturated carbocycles. The van der Waals surface area contributed by atoms with Gasteiger partial charge in [0, 0.05) is 18.8 Å². The van der Waals surface area contributed by atoms with Crippen molar-refractivity contribution in [3.63, 3.8) is 0 Å². The number of carbonyl (C=O) groups excluding carboxylic acids is 1. The maximum atomic E-state index is 13.7. The molecule has 0 aliphatic carbocycles. The molecule has 0 spiro atoms. The van der Waals surface area contributed by atoms with E-state index < -0.39 is 11.9 Å². The van der Waals surface area contributed by atoms with Crippen molar-refractivity contribution < 1.29 is 19.4 Å². The number of carboxylic acid groups (broad SMARTS) is 1. The van der Waals surface area contributed by atoms with Crippen molar-refractivity contribution in [3.8, 4) is 5.75 Å². The predicted octanol–water partition coefficient (Wildman–Crippen LogP) is 6.99. The first-order valence-corrected chi connectivity index (χ1v) is 13.8. The molecule has 2 N–H and O–H groups in total. The van der Waals surface area contributed by atoms with Crippen LogP contribution in [0.5, 0.6) is 5.75 Å². The normalized spacial score (nSPS) is 13.1. The molecule has 1 aliphatic heterocycles. The van der Waals surface area contributed by atoms with E-state index in [0.29, 0.717) is 17.9 Å². The first kappa shape index (κ1) is 27.0. The molecule has 0 unspecified atom stereocenters. The Kier molecular flexibility index (Phi) is 8.76. The number of hydrogen-bond acceptors (Lipinski definition) is 4. The van der Waals surface area contributed by atoms with E-state index in [1.54, 1.807) is 12.1 Å². The molecule has 5 rings (SSSR count). The van der Waals surface area contributed by atoms with Crippen molar-refractivity contribution in [1.82, 2.24) is 0 Å². The van der Waals surface area contributed by atoms with Gasteiger partial charge >= 0.3 is 5.97 Å². The summed E-state index contributed by atoms with van der Waals surface area (Å²) in [5.74, 6) is -1.03. The molecule has 1 saturated heterocycles. The monoisotopic (exact) mass is 534 g/mol. The summed E-state index contributed by atoms with van der Waals surface area (Å²) in [5, 5.41) is 12.7. The van der Waals surface area contributed by atoms with E-state index in [0.717, 1.165) is 55.6 Å². The second-order valence-electron chi connectivity index (χ2n) is 10.1. The Morgan fingerprint density at radius 3 is 2.10 bits per heavy atom. The zero-order valence-electron chi connectivity index (χ0n) is 22.5. The van der Waals surface area contributed by atoms with Crippen LogP contribution in [0.25, 0.3) is 0 Å². The summed E-state index contributed by atoms with van der Waals surface area (Å²) in [7, 11) is 0. The van der Waals surface area contributed by atoms with Gasteiger partial charge in [-0.05, 0) is 79.1 Å². The number of rotatable bonds is 10. The van der Waals surface area contributed by atoms with Crippen molar-refractivity contribution in [2.75, 3.05) is 23.3 Å². The Morgan fingerprint density at radius 2 is 1.40 bits per heavy atom. The van der Waals surface area contributed by atoms with Crippen LogP contribution in [0.1, 0.15) is 56.7 Å². The summed E-state index contributed by atoms with van der Waals surface area (Å²) in [6.07, 6.45) is 4.98. The molecule has 1 amide bonds. The van der Waals surface area contributed by atoms with Gasteiger partial charge in [-0.1, -0.05) is 66.7 Å². The van der Waals surface area contributed by atoms with E-state index in [2.05, 4.69) is 22.3 Å².